The van der Waals surface area contributed by atoms with Crippen LogP contribution < -0.4 is 4.74 Å². The lowest BCUT2D eigenvalue weighted by molar-refractivity contribution is 0.403. The molecular weight excluding hydrogens is 286 g/mol. The summed E-state index contributed by atoms with van der Waals surface area (Å²) in [5.41, 5.74) is 0.992. The van der Waals surface area contributed by atoms with E-state index in [1.54, 1.807) is 25.4 Å². The van der Waals surface area contributed by atoms with E-state index in [2.05, 4.69) is 23.7 Å². The average Bonchev–Trinajstić information content (AvgIpc) is 2.62. The minimum absolute atomic E-state index is 0.0274. The zero-order chi connectivity index (χ0) is 16.3. The maximum atomic E-state index is 10.5. The number of pyridine rings is 1. The first-order valence-corrected chi connectivity index (χ1v) is 7.50. The van der Waals surface area contributed by atoms with Crippen LogP contribution in [0.1, 0.15) is 11.3 Å². The van der Waals surface area contributed by atoms with Crippen LogP contribution in [-0.4, -0.2) is 17.2 Å². The van der Waals surface area contributed by atoms with Crippen molar-refractivity contribution in [1.29, 1.82) is 0 Å². The first-order valence-electron chi connectivity index (χ1n) is 7.50. The maximum absolute atomic E-state index is 10.5. The van der Waals surface area contributed by atoms with Gasteiger partial charge in [-0.3, -0.25) is 4.98 Å². The van der Waals surface area contributed by atoms with E-state index in [1.165, 1.54) is 0 Å². The lowest BCUT2D eigenvalue weighted by Gasteiger charge is -2.37. The van der Waals surface area contributed by atoms with Crippen molar-refractivity contribution in [2.24, 2.45) is 5.92 Å². The van der Waals surface area contributed by atoms with Crippen molar-refractivity contribution < 1.29 is 9.84 Å². The van der Waals surface area contributed by atoms with Crippen molar-refractivity contribution in [3.63, 3.8) is 0 Å². The summed E-state index contributed by atoms with van der Waals surface area (Å²) in [5.74, 6) is 0.877. The van der Waals surface area contributed by atoms with Crippen LogP contribution in [0.15, 0.2) is 79.6 Å². The van der Waals surface area contributed by atoms with Crippen LogP contribution in [0.5, 0.6) is 11.5 Å². The molecule has 0 spiro atoms. The fourth-order valence-corrected chi connectivity index (χ4v) is 3.16. The Labute approximate surface area is 136 Å². The second-order valence-electron chi connectivity index (χ2n) is 5.47. The van der Waals surface area contributed by atoms with E-state index in [-0.39, 0.29) is 11.7 Å². The molecule has 1 aliphatic rings. The van der Waals surface area contributed by atoms with Crippen LogP contribution in [0.4, 0.5) is 0 Å². The summed E-state index contributed by atoms with van der Waals surface area (Å²) in [6.07, 6.45) is 11.8. The average molecular weight is 305 g/mol. The van der Waals surface area contributed by atoms with E-state index in [0.717, 1.165) is 11.3 Å². The van der Waals surface area contributed by atoms with E-state index >= 15 is 0 Å². The van der Waals surface area contributed by atoms with Gasteiger partial charge in [0, 0.05) is 17.7 Å². The third-order valence-electron chi connectivity index (χ3n) is 4.31. The predicted molar refractivity (Wildman–Crippen MR) is 91.6 cm³/mol. The molecule has 0 radical (unpaired) electrons. The summed E-state index contributed by atoms with van der Waals surface area (Å²) in [6.45, 7) is 3.98. The van der Waals surface area contributed by atoms with Gasteiger partial charge in [-0.05, 0) is 30.3 Å². The number of phenols is 1. The summed E-state index contributed by atoms with van der Waals surface area (Å²) in [4.78, 5) is 4.56. The number of aromatic hydroxyl groups is 1. The van der Waals surface area contributed by atoms with Crippen LogP contribution in [-0.2, 0) is 5.41 Å². The number of benzene rings is 1. The SMILES string of the molecule is C=CC1C=CC=CC1(c1ccccn1)c1cc(OC)ccc1O. The lowest BCUT2D eigenvalue weighted by atomic mass is 9.65. The number of phenolic OH excluding ortho intramolecular Hbond substituents is 1. The third kappa shape index (κ3) is 2.44. The molecule has 1 aliphatic carbocycles. The molecule has 1 N–H and O–H groups in total. The molecule has 2 aromatic rings. The molecule has 0 saturated heterocycles. The summed E-state index contributed by atoms with van der Waals surface area (Å²) >= 11 is 0. The number of nitrogens with zero attached hydrogens (tertiary/aromatic N) is 1. The highest BCUT2D eigenvalue weighted by Gasteiger charge is 2.41. The van der Waals surface area contributed by atoms with Gasteiger partial charge in [0.05, 0.1) is 18.2 Å². The van der Waals surface area contributed by atoms with Crippen LogP contribution in [0.2, 0.25) is 0 Å². The third-order valence-corrected chi connectivity index (χ3v) is 4.31. The van der Waals surface area contributed by atoms with E-state index in [0.29, 0.717) is 5.75 Å². The van der Waals surface area contributed by atoms with Gasteiger partial charge >= 0.3 is 0 Å². The standard InChI is InChI=1S/C20H19NO2/c1-3-15-8-4-6-12-20(15,19-9-5-7-13-21-19)17-14-16(23-2)10-11-18(17)22/h3-15,22H,1H2,2H3. The molecule has 1 heterocycles. The molecular formula is C20H19NO2. The van der Waals surface area contributed by atoms with Gasteiger partial charge in [-0.1, -0.05) is 36.4 Å². The molecule has 3 heteroatoms. The zero-order valence-electron chi connectivity index (χ0n) is 13.0. The van der Waals surface area contributed by atoms with Crippen molar-refractivity contribution >= 4 is 0 Å². The Morgan fingerprint density at radius 2 is 2.13 bits per heavy atom. The van der Waals surface area contributed by atoms with Crippen LogP contribution in [0.3, 0.4) is 0 Å². The van der Waals surface area contributed by atoms with Gasteiger partial charge in [-0.25, -0.2) is 0 Å². The number of hydrogen-bond acceptors (Lipinski definition) is 3. The molecule has 0 aliphatic heterocycles. The second-order valence-corrected chi connectivity index (χ2v) is 5.47. The Morgan fingerprint density at radius 3 is 2.83 bits per heavy atom. The van der Waals surface area contributed by atoms with Crippen molar-refractivity contribution in [3.05, 3.63) is 90.8 Å². The molecule has 0 amide bonds. The van der Waals surface area contributed by atoms with E-state index in [9.17, 15) is 5.11 Å². The van der Waals surface area contributed by atoms with Crippen molar-refractivity contribution in [2.45, 2.75) is 5.41 Å². The fourth-order valence-electron chi connectivity index (χ4n) is 3.16. The predicted octanol–water partition coefficient (Wildman–Crippen LogP) is 4.01. The maximum Gasteiger partial charge on any atom is 0.120 e. The van der Waals surface area contributed by atoms with Crippen LogP contribution in [0, 0.1) is 5.92 Å². The van der Waals surface area contributed by atoms with E-state index in [1.807, 2.05) is 42.5 Å². The van der Waals surface area contributed by atoms with E-state index in [4.69, 9.17) is 4.74 Å². The quantitative estimate of drug-likeness (QED) is 0.868. The van der Waals surface area contributed by atoms with Gasteiger partial charge in [-0.2, -0.15) is 0 Å². The molecule has 1 aromatic carbocycles. The van der Waals surface area contributed by atoms with Gasteiger partial charge in [0.25, 0.3) is 0 Å². The number of aromatic nitrogens is 1. The summed E-state index contributed by atoms with van der Waals surface area (Å²) in [6, 6.07) is 11.1. The van der Waals surface area contributed by atoms with Crippen LogP contribution in [0.25, 0.3) is 0 Å². The van der Waals surface area contributed by atoms with Gasteiger partial charge in [-0.15, -0.1) is 6.58 Å². The van der Waals surface area contributed by atoms with E-state index < -0.39 is 5.41 Å². The summed E-state index contributed by atoms with van der Waals surface area (Å²) < 4.78 is 5.35. The number of methoxy groups -OCH3 is 1. The Kier molecular flexibility index (Phi) is 4.02. The van der Waals surface area contributed by atoms with Crippen molar-refractivity contribution in [3.8, 4) is 11.5 Å². The molecule has 2 unspecified atom stereocenters. The Bertz CT molecular complexity index is 764. The molecule has 0 bridgehead atoms. The Balaban J connectivity index is 2.31. The minimum Gasteiger partial charge on any atom is -0.508 e. The number of rotatable bonds is 4. The highest BCUT2D eigenvalue weighted by molar-refractivity contribution is 5.55. The minimum atomic E-state index is -0.615. The van der Waals surface area contributed by atoms with Crippen LogP contribution >= 0.6 is 0 Å². The molecule has 0 saturated carbocycles. The van der Waals surface area contributed by atoms with Gasteiger partial charge < -0.3 is 9.84 Å². The second kappa shape index (κ2) is 6.13. The Morgan fingerprint density at radius 1 is 1.26 bits per heavy atom. The van der Waals surface area contributed by atoms with Crippen molar-refractivity contribution in [1.82, 2.24) is 4.98 Å². The zero-order valence-corrected chi connectivity index (χ0v) is 13.0. The smallest absolute Gasteiger partial charge is 0.120 e. The first-order chi connectivity index (χ1) is 11.2. The highest BCUT2D eigenvalue weighted by Crippen LogP contribution is 2.47. The van der Waals surface area contributed by atoms with Gasteiger partial charge in [0.1, 0.15) is 11.5 Å². The number of allylic oxidation sites excluding steroid dienone is 5. The monoisotopic (exact) mass is 305 g/mol. The summed E-state index contributed by atoms with van der Waals surface area (Å²) in [7, 11) is 1.62. The van der Waals surface area contributed by atoms with Gasteiger partial charge in [0.15, 0.2) is 0 Å². The molecule has 0 fully saturated rings. The number of ether oxygens (including phenoxy) is 1. The summed E-state index contributed by atoms with van der Waals surface area (Å²) in [5, 5.41) is 10.5. The largest absolute Gasteiger partial charge is 0.508 e. The normalized spacial score (nSPS) is 22.7. The fraction of sp³-hybridized carbons (Fsp3) is 0.150. The molecule has 116 valence electrons. The molecule has 2 atom stereocenters. The highest BCUT2D eigenvalue weighted by atomic mass is 16.5. The lowest BCUT2D eigenvalue weighted by Crippen LogP contribution is -2.35. The molecule has 3 rings (SSSR count). The van der Waals surface area contributed by atoms with Crippen molar-refractivity contribution in [2.75, 3.05) is 7.11 Å². The molecule has 3 nitrogen and oxygen atoms in total. The topological polar surface area (TPSA) is 42.4 Å². The number of hydrogen-bond donors (Lipinski definition) is 1. The Hall–Kier alpha value is -2.81. The first kappa shape index (κ1) is 15.1. The molecule has 1 aromatic heterocycles. The molecule has 23 heavy (non-hydrogen) atoms. The van der Waals surface area contributed by atoms with Gasteiger partial charge in [0.2, 0.25) is 0 Å².